The van der Waals surface area contributed by atoms with Gasteiger partial charge in [-0.25, -0.2) is 4.79 Å². The first-order chi connectivity index (χ1) is 7.26. The summed E-state index contributed by atoms with van der Waals surface area (Å²) in [6.07, 6.45) is 1.34. The Balaban J connectivity index is 2.49. The molecule has 0 unspecified atom stereocenters. The van der Waals surface area contributed by atoms with Crippen molar-refractivity contribution in [3.05, 3.63) is 48.2 Å². The lowest BCUT2D eigenvalue weighted by Crippen LogP contribution is -2.31. The minimum atomic E-state index is -0.261. The number of carbonyl (C=O) groups is 1. The lowest BCUT2D eigenvalue weighted by molar-refractivity contribution is 0.244. The summed E-state index contributed by atoms with van der Waals surface area (Å²) in [4.78, 5) is 11.1. The van der Waals surface area contributed by atoms with Gasteiger partial charge >= 0.3 is 6.03 Å². The van der Waals surface area contributed by atoms with Crippen LogP contribution in [-0.2, 0) is 13.1 Å². The zero-order valence-corrected chi connectivity index (χ0v) is 8.49. The normalized spacial score (nSPS) is 9.40. The first kappa shape index (κ1) is 11.3. The Bertz CT molecular complexity index is 349. The Labute approximate surface area is 89.2 Å². The van der Waals surface area contributed by atoms with Gasteiger partial charge in [0.05, 0.1) is 0 Å². The van der Waals surface area contributed by atoms with Crippen molar-refractivity contribution < 1.29 is 4.79 Å². The second-order valence-corrected chi connectivity index (χ2v) is 3.06. The summed E-state index contributed by atoms with van der Waals surface area (Å²) >= 11 is 0. The third-order valence-corrected chi connectivity index (χ3v) is 1.91. The van der Waals surface area contributed by atoms with E-state index >= 15 is 0 Å². The number of rotatable bonds is 4. The summed E-state index contributed by atoms with van der Waals surface area (Å²) < 4.78 is 0. The Morgan fingerprint density at radius 1 is 1.47 bits per heavy atom. The fourth-order valence-electron chi connectivity index (χ4n) is 1.19. The van der Waals surface area contributed by atoms with Gasteiger partial charge in [-0.2, -0.15) is 0 Å². The summed E-state index contributed by atoms with van der Waals surface area (Å²) in [6, 6.07) is 7.52. The Morgan fingerprint density at radius 2 is 2.20 bits per heavy atom. The number of amides is 2. The first-order valence-electron chi connectivity index (χ1n) is 4.69. The van der Waals surface area contributed by atoms with Crippen molar-refractivity contribution in [1.29, 1.82) is 0 Å². The van der Waals surface area contributed by atoms with Crippen LogP contribution in [0.25, 0.3) is 0 Å². The molecule has 4 heteroatoms. The Hall–Kier alpha value is -1.81. The van der Waals surface area contributed by atoms with Crippen LogP contribution in [0.15, 0.2) is 37.0 Å². The van der Waals surface area contributed by atoms with Gasteiger partial charge in [-0.3, -0.25) is 0 Å². The van der Waals surface area contributed by atoms with Crippen molar-refractivity contribution >= 4 is 6.03 Å². The van der Waals surface area contributed by atoms with Crippen LogP contribution in [0.3, 0.4) is 0 Å². The van der Waals surface area contributed by atoms with E-state index in [2.05, 4.69) is 17.2 Å². The van der Waals surface area contributed by atoms with Gasteiger partial charge in [0.2, 0.25) is 0 Å². The topological polar surface area (TPSA) is 67.2 Å². The fourth-order valence-corrected chi connectivity index (χ4v) is 1.19. The maximum Gasteiger partial charge on any atom is 0.319 e. The quantitative estimate of drug-likeness (QED) is 0.688. The van der Waals surface area contributed by atoms with Crippen molar-refractivity contribution in [3.63, 3.8) is 0 Å². The average molecular weight is 205 g/mol. The lowest BCUT2D eigenvalue weighted by atomic mass is 10.1. The van der Waals surface area contributed by atoms with Gasteiger partial charge in [0.25, 0.3) is 0 Å². The van der Waals surface area contributed by atoms with Gasteiger partial charge in [0.15, 0.2) is 0 Å². The van der Waals surface area contributed by atoms with Crippen molar-refractivity contribution in [2.24, 2.45) is 5.73 Å². The van der Waals surface area contributed by atoms with Crippen LogP contribution in [0.5, 0.6) is 0 Å². The zero-order chi connectivity index (χ0) is 11.1. The second-order valence-electron chi connectivity index (χ2n) is 3.06. The van der Waals surface area contributed by atoms with E-state index in [0.717, 1.165) is 11.1 Å². The van der Waals surface area contributed by atoms with E-state index in [1.54, 1.807) is 0 Å². The molecule has 0 aliphatic heterocycles. The van der Waals surface area contributed by atoms with Crippen LogP contribution in [0, 0.1) is 0 Å². The number of hydrogen-bond acceptors (Lipinski definition) is 2. The summed E-state index contributed by atoms with van der Waals surface area (Å²) in [6.45, 7) is 4.38. The Morgan fingerprint density at radius 3 is 2.87 bits per heavy atom. The third kappa shape index (κ3) is 3.83. The molecule has 0 spiro atoms. The summed E-state index contributed by atoms with van der Waals surface area (Å²) in [5, 5.41) is 5.12. The molecular weight excluding hydrogens is 190 g/mol. The van der Waals surface area contributed by atoms with E-state index in [1.807, 2.05) is 24.3 Å². The molecule has 2 amide bonds. The standard InChI is InChI=1S/C11H15N3O/c1-2-13-11(15)14-8-10-5-3-4-9(6-10)7-12/h2-6H,1,7-8,12H2,(H2,13,14,15). The molecule has 15 heavy (non-hydrogen) atoms. The highest BCUT2D eigenvalue weighted by atomic mass is 16.2. The maximum atomic E-state index is 11.1. The molecule has 0 heterocycles. The van der Waals surface area contributed by atoms with Crippen molar-refractivity contribution in [2.45, 2.75) is 13.1 Å². The third-order valence-electron chi connectivity index (χ3n) is 1.91. The number of urea groups is 1. The molecular formula is C11H15N3O. The van der Waals surface area contributed by atoms with Crippen molar-refractivity contribution in [1.82, 2.24) is 10.6 Å². The largest absolute Gasteiger partial charge is 0.334 e. The number of carbonyl (C=O) groups excluding carboxylic acids is 1. The molecule has 0 bridgehead atoms. The molecule has 1 aromatic rings. The van der Waals surface area contributed by atoms with Gasteiger partial charge in [-0.1, -0.05) is 30.8 Å². The maximum absolute atomic E-state index is 11.1. The molecule has 4 N–H and O–H groups in total. The molecule has 0 aliphatic rings. The van der Waals surface area contributed by atoms with Crippen LogP contribution in [0.1, 0.15) is 11.1 Å². The highest BCUT2D eigenvalue weighted by Gasteiger charge is 1.98. The molecule has 0 saturated carbocycles. The SMILES string of the molecule is C=CNC(=O)NCc1cccc(CN)c1. The number of hydrogen-bond donors (Lipinski definition) is 3. The predicted octanol–water partition coefficient (Wildman–Crippen LogP) is 1.09. The van der Waals surface area contributed by atoms with Gasteiger partial charge < -0.3 is 16.4 Å². The van der Waals surface area contributed by atoms with Crippen molar-refractivity contribution in [2.75, 3.05) is 0 Å². The van der Waals surface area contributed by atoms with Crippen LogP contribution < -0.4 is 16.4 Å². The average Bonchev–Trinajstić information content (AvgIpc) is 2.27. The van der Waals surface area contributed by atoms with Gasteiger partial charge in [0, 0.05) is 13.1 Å². The highest BCUT2D eigenvalue weighted by molar-refractivity contribution is 5.74. The van der Waals surface area contributed by atoms with E-state index in [4.69, 9.17) is 5.73 Å². The van der Waals surface area contributed by atoms with Crippen LogP contribution >= 0.6 is 0 Å². The van der Waals surface area contributed by atoms with Crippen LogP contribution in [0.2, 0.25) is 0 Å². The molecule has 1 aromatic carbocycles. The van der Waals surface area contributed by atoms with E-state index in [9.17, 15) is 4.79 Å². The first-order valence-corrected chi connectivity index (χ1v) is 4.69. The second kappa shape index (κ2) is 5.82. The minimum absolute atomic E-state index is 0.261. The molecule has 0 radical (unpaired) electrons. The Kier molecular flexibility index (Phi) is 4.37. The van der Waals surface area contributed by atoms with Gasteiger partial charge in [-0.15, -0.1) is 0 Å². The van der Waals surface area contributed by atoms with Gasteiger partial charge in [-0.05, 0) is 17.3 Å². The molecule has 0 aromatic heterocycles. The molecule has 0 fully saturated rings. The summed E-state index contributed by atoms with van der Waals surface area (Å²) in [5.74, 6) is 0. The smallest absolute Gasteiger partial charge is 0.319 e. The number of benzene rings is 1. The molecule has 0 atom stereocenters. The van der Waals surface area contributed by atoms with Gasteiger partial charge in [0.1, 0.15) is 0 Å². The monoisotopic (exact) mass is 205 g/mol. The molecule has 0 saturated heterocycles. The number of nitrogens with one attached hydrogen (secondary N) is 2. The zero-order valence-electron chi connectivity index (χ0n) is 8.49. The van der Waals surface area contributed by atoms with E-state index < -0.39 is 0 Å². The molecule has 4 nitrogen and oxygen atoms in total. The molecule has 80 valence electrons. The predicted molar refractivity (Wildman–Crippen MR) is 59.9 cm³/mol. The van der Waals surface area contributed by atoms with Crippen molar-refractivity contribution in [3.8, 4) is 0 Å². The lowest BCUT2D eigenvalue weighted by Gasteiger charge is -2.05. The summed E-state index contributed by atoms with van der Waals surface area (Å²) in [5.41, 5.74) is 7.59. The minimum Gasteiger partial charge on any atom is -0.334 e. The van der Waals surface area contributed by atoms with E-state index in [0.29, 0.717) is 13.1 Å². The van der Waals surface area contributed by atoms with E-state index in [1.165, 1.54) is 6.20 Å². The molecule has 0 aliphatic carbocycles. The summed E-state index contributed by atoms with van der Waals surface area (Å²) in [7, 11) is 0. The highest BCUT2D eigenvalue weighted by Crippen LogP contribution is 2.03. The molecule has 1 rings (SSSR count). The van der Waals surface area contributed by atoms with Crippen LogP contribution in [0.4, 0.5) is 4.79 Å². The number of nitrogens with two attached hydrogens (primary N) is 1. The van der Waals surface area contributed by atoms with E-state index in [-0.39, 0.29) is 6.03 Å². The fraction of sp³-hybridized carbons (Fsp3) is 0.182. The van der Waals surface area contributed by atoms with Crippen LogP contribution in [-0.4, -0.2) is 6.03 Å².